The molecule has 0 aliphatic rings. The minimum absolute atomic E-state index is 0.0516. The summed E-state index contributed by atoms with van der Waals surface area (Å²) in [6.45, 7) is 0.291. The molecule has 0 amide bonds. The van der Waals surface area contributed by atoms with Gasteiger partial charge in [0.15, 0.2) is 0 Å². The van der Waals surface area contributed by atoms with Crippen molar-refractivity contribution < 1.29 is 24.2 Å². The van der Waals surface area contributed by atoms with E-state index in [9.17, 15) is 14.9 Å². The van der Waals surface area contributed by atoms with Crippen molar-refractivity contribution in [1.82, 2.24) is 4.57 Å². The predicted molar refractivity (Wildman–Crippen MR) is 89.2 cm³/mol. The Morgan fingerprint density at radius 3 is 2.76 bits per heavy atom. The highest BCUT2D eigenvalue weighted by Gasteiger charge is 2.13. The van der Waals surface area contributed by atoms with Crippen LogP contribution in [0.15, 0.2) is 48.2 Å². The molecule has 1 aromatic heterocycles. The molecular weight excluding hydrogens is 324 g/mol. The standard InChI is InChI=1S/C18H16N2O5/c1-24-8-9-25-18(23)14(12-19)11-16-6-3-7-20(16)15-5-2-4-13(10-15)17(21)22/h2-7,10-11H,8-9H2,1H3,(H,21,22). The molecule has 0 atom stereocenters. The number of benzene rings is 1. The number of aromatic carboxylic acids is 1. The Labute approximate surface area is 144 Å². The van der Waals surface area contributed by atoms with E-state index in [2.05, 4.69) is 0 Å². The van der Waals surface area contributed by atoms with Gasteiger partial charge in [-0.05, 0) is 36.4 Å². The number of methoxy groups -OCH3 is 1. The molecule has 0 fully saturated rings. The van der Waals surface area contributed by atoms with Crippen LogP contribution >= 0.6 is 0 Å². The Balaban J connectivity index is 2.31. The van der Waals surface area contributed by atoms with Crippen molar-refractivity contribution in [3.63, 3.8) is 0 Å². The summed E-state index contributed by atoms with van der Waals surface area (Å²) in [6.07, 6.45) is 3.10. The Morgan fingerprint density at radius 2 is 2.08 bits per heavy atom. The van der Waals surface area contributed by atoms with Crippen LogP contribution in [0.25, 0.3) is 11.8 Å². The molecule has 2 rings (SSSR count). The van der Waals surface area contributed by atoms with E-state index in [0.717, 1.165) is 0 Å². The van der Waals surface area contributed by atoms with Gasteiger partial charge in [0, 0.05) is 24.7 Å². The van der Waals surface area contributed by atoms with Crippen LogP contribution in [0.2, 0.25) is 0 Å². The van der Waals surface area contributed by atoms with Crippen LogP contribution in [0.5, 0.6) is 0 Å². The van der Waals surface area contributed by atoms with E-state index in [1.165, 1.54) is 25.3 Å². The van der Waals surface area contributed by atoms with Gasteiger partial charge in [0.25, 0.3) is 0 Å². The first kappa shape index (κ1) is 18.0. The maximum atomic E-state index is 11.9. The van der Waals surface area contributed by atoms with Gasteiger partial charge in [-0.2, -0.15) is 5.26 Å². The summed E-state index contributed by atoms with van der Waals surface area (Å²) >= 11 is 0. The molecule has 0 spiro atoms. The van der Waals surface area contributed by atoms with Gasteiger partial charge in [0.1, 0.15) is 18.2 Å². The first-order chi connectivity index (χ1) is 12.1. The van der Waals surface area contributed by atoms with Gasteiger partial charge in [-0.15, -0.1) is 0 Å². The summed E-state index contributed by atoms with van der Waals surface area (Å²) in [4.78, 5) is 23.0. The second-order valence-electron chi connectivity index (χ2n) is 4.96. The zero-order chi connectivity index (χ0) is 18.2. The van der Waals surface area contributed by atoms with E-state index in [1.807, 2.05) is 6.07 Å². The molecule has 0 unspecified atom stereocenters. The normalized spacial score (nSPS) is 11.0. The van der Waals surface area contributed by atoms with Crippen molar-refractivity contribution >= 4 is 18.0 Å². The van der Waals surface area contributed by atoms with Gasteiger partial charge < -0.3 is 19.1 Å². The third-order valence-electron chi connectivity index (χ3n) is 3.30. The third-order valence-corrected chi connectivity index (χ3v) is 3.30. The third kappa shape index (κ3) is 4.56. The molecule has 7 nitrogen and oxygen atoms in total. The molecule has 0 bridgehead atoms. The van der Waals surface area contributed by atoms with Gasteiger partial charge in [0.05, 0.1) is 12.2 Å². The number of hydrogen-bond donors (Lipinski definition) is 1. The second kappa shape index (κ2) is 8.47. The molecule has 128 valence electrons. The minimum atomic E-state index is -1.04. The monoisotopic (exact) mass is 340 g/mol. The van der Waals surface area contributed by atoms with Crippen molar-refractivity contribution in [3.05, 3.63) is 59.4 Å². The predicted octanol–water partition coefficient (Wildman–Crippen LogP) is 2.27. The molecule has 7 heteroatoms. The maximum Gasteiger partial charge on any atom is 0.349 e. The lowest BCUT2D eigenvalue weighted by Crippen LogP contribution is -2.11. The van der Waals surface area contributed by atoms with Crippen LogP contribution in [0.3, 0.4) is 0 Å². The molecule has 25 heavy (non-hydrogen) atoms. The topological polar surface area (TPSA) is 102 Å². The lowest BCUT2D eigenvalue weighted by atomic mass is 10.2. The van der Waals surface area contributed by atoms with Crippen LogP contribution in [0.1, 0.15) is 16.1 Å². The SMILES string of the molecule is COCCOC(=O)C(C#N)=Cc1cccn1-c1cccc(C(=O)O)c1. The molecule has 0 aliphatic carbocycles. The molecular formula is C18H16N2O5. The second-order valence-corrected chi connectivity index (χ2v) is 4.96. The first-order valence-electron chi connectivity index (χ1n) is 7.35. The fourth-order valence-electron chi connectivity index (χ4n) is 2.12. The summed E-state index contributed by atoms with van der Waals surface area (Å²) < 4.78 is 11.4. The Bertz CT molecular complexity index is 845. The van der Waals surface area contributed by atoms with E-state index in [-0.39, 0.29) is 24.4 Å². The molecule has 0 radical (unpaired) electrons. The number of hydrogen-bond acceptors (Lipinski definition) is 5. The Kier molecular flexibility index (Phi) is 6.09. The van der Waals surface area contributed by atoms with Crippen molar-refractivity contribution in [2.45, 2.75) is 0 Å². The Morgan fingerprint density at radius 1 is 1.28 bits per heavy atom. The van der Waals surface area contributed by atoms with Crippen LogP contribution in [0.4, 0.5) is 0 Å². The highest BCUT2D eigenvalue weighted by molar-refractivity contribution is 5.97. The quantitative estimate of drug-likeness (QED) is 0.359. The number of carboxylic acids is 1. The van der Waals surface area contributed by atoms with Gasteiger partial charge in [-0.1, -0.05) is 6.07 Å². The van der Waals surface area contributed by atoms with Crippen molar-refractivity contribution in [2.75, 3.05) is 20.3 Å². The van der Waals surface area contributed by atoms with Crippen LogP contribution in [-0.2, 0) is 14.3 Å². The number of carboxylic acid groups (broad SMARTS) is 1. The zero-order valence-corrected chi connectivity index (χ0v) is 13.5. The van der Waals surface area contributed by atoms with E-state index in [1.54, 1.807) is 35.0 Å². The first-order valence-corrected chi connectivity index (χ1v) is 7.35. The number of aromatic nitrogens is 1. The summed E-state index contributed by atoms with van der Waals surface area (Å²) in [5.41, 5.74) is 1.12. The van der Waals surface area contributed by atoms with Crippen molar-refractivity contribution in [3.8, 4) is 11.8 Å². The van der Waals surface area contributed by atoms with E-state index in [4.69, 9.17) is 14.6 Å². The molecule has 0 aliphatic heterocycles. The number of nitriles is 1. The molecule has 0 saturated heterocycles. The van der Waals surface area contributed by atoms with E-state index < -0.39 is 11.9 Å². The molecule has 1 aromatic carbocycles. The fraction of sp³-hybridized carbons (Fsp3) is 0.167. The van der Waals surface area contributed by atoms with E-state index >= 15 is 0 Å². The summed E-state index contributed by atoms with van der Waals surface area (Å²) in [5, 5.41) is 18.3. The number of carbonyl (C=O) groups is 2. The van der Waals surface area contributed by atoms with Crippen molar-refractivity contribution in [2.24, 2.45) is 0 Å². The van der Waals surface area contributed by atoms with Crippen LogP contribution < -0.4 is 0 Å². The minimum Gasteiger partial charge on any atom is -0.478 e. The number of carbonyl (C=O) groups excluding carboxylic acids is 1. The summed E-state index contributed by atoms with van der Waals surface area (Å²) in [7, 11) is 1.48. The molecule has 1 heterocycles. The van der Waals surface area contributed by atoms with Crippen molar-refractivity contribution in [1.29, 1.82) is 5.26 Å². The van der Waals surface area contributed by atoms with Crippen LogP contribution in [0, 0.1) is 11.3 Å². The zero-order valence-electron chi connectivity index (χ0n) is 13.5. The summed E-state index contributed by atoms with van der Waals surface area (Å²) in [5.74, 6) is -1.78. The number of nitrogens with zero attached hydrogens (tertiary/aromatic N) is 2. The average Bonchev–Trinajstić information content (AvgIpc) is 3.08. The lowest BCUT2D eigenvalue weighted by molar-refractivity contribution is -0.139. The largest absolute Gasteiger partial charge is 0.478 e. The maximum absolute atomic E-state index is 11.9. The lowest BCUT2D eigenvalue weighted by Gasteiger charge is -2.08. The van der Waals surface area contributed by atoms with Gasteiger partial charge in [0.2, 0.25) is 0 Å². The highest BCUT2D eigenvalue weighted by atomic mass is 16.6. The van der Waals surface area contributed by atoms with E-state index in [0.29, 0.717) is 11.4 Å². The smallest absolute Gasteiger partial charge is 0.349 e. The number of ether oxygens (including phenoxy) is 2. The average molecular weight is 340 g/mol. The molecule has 0 saturated carbocycles. The van der Waals surface area contributed by atoms with Gasteiger partial charge in [-0.3, -0.25) is 0 Å². The molecule has 2 aromatic rings. The summed E-state index contributed by atoms with van der Waals surface area (Å²) in [6, 6.07) is 11.6. The highest BCUT2D eigenvalue weighted by Crippen LogP contribution is 2.17. The van der Waals surface area contributed by atoms with Crippen LogP contribution in [-0.4, -0.2) is 41.9 Å². The number of esters is 1. The number of rotatable bonds is 7. The molecule has 1 N–H and O–H groups in total. The fourth-order valence-corrected chi connectivity index (χ4v) is 2.12. The van der Waals surface area contributed by atoms with Gasteiger partial charge in [-0.25, -0.2) is 9.59 Å². The Hall–Kier alpha value is -3.37. The van der Waals surface area contributed by atoms with Gasteiger partial charge >= 0.3 is 11.9 Å².